The molecule has 0 amide bonds. The van der Waals surface area contributed by atoms with Crippen molar-refractivity contribution >= 4 is 13.8 Å². The minimum atomic E-state index is -1.35. The Hall–Kier alpha value is -2.18. The smallest absolute Gasteiger partial charge is 0.129 e. The van der Waals surface area contributed by atoms with Crippen molar-refractivity contribution in [2.75, 3.05) is 12.4 Å². The van der Waals surface area contributed by atoms with Gasteiger partial charge in [0.25, 0.3) is 0 Å². The third-order valence-corrected chi connectivity index (χ3v) is 4.61. The lowest BCUT2D eigenvalue weighted by atomic mass is 10.0. The quantitative estimate of drug-likeness (QED) is 0.580. The zero-order chi connectivity index (χ0) is 17.6. The van der Waals surface area contributed by atoms with Crippen LogP contribution in [0.2, 0.25) is 19.6 Å². The number of rotatable bonds is 5. The third-order valence-electron chi connectivity index (χ3n) is 3.68. The zero-order valence-corrected chi connectivity index (χ0v) is 16.3. The zero-order valence-electron chi connectivity index (χ0n) is 15.3. The van der Waals surface area contributed by atoms with Crippen LogP contribution < -0.4 is 10.1 Å². The molecule has 1 atom stereocenters. The molecule has 0 aliphatic rings. The highest BCUT2D eigenvalue weighted by Gasteiger charge is 2.12. The predicted molar refractivity (Wildman–Crippen MR) is 106 cm³/mol. The van der Waals surface area contributed by atoms with Gasteiger partial charge in [-0.05, 0) is 36.8 Å². The standard InChI is InChI=1S/C21H27NOSi/c1-17-8-12-19(13-9-17)22-21(7-6-16-24(3,4)5)18-10-14-20(23-2)15-11-18/h8-15,21-22H,7H2,1-5H3. The highest BCUT2D eigenvalue weighted by Crippen LogP contribution is 2.24. The van der Waals surface area contributed by atoms with Gasteiger partial charge in [0.2, 0.25) is 0 Å². The second kappa shape index (κ2) is 8.08. The molecule has 126 valence electrons. The Morgan fingerprint density at radius 1 is 1.00 bits per heavy atom. The van der Waals surface area contributed by atoms with Crippen LogP contribution >= 0.6 is 0 Å². The first-order valence-corrected chi connectivity index (χ1v) is 11.8. The summed E-state index contributed by atoms with van der Waals surface area (Å²) in [5.74, 6) is 4.28. The fourth-order valence-corrected chi connectivity index (χ4v) is 2.99. The minimum absolute atomic E-state index is 0.169. The Bertz CT molecular complexity index is 703. The molecule has 0 spiro atoms. The summed E-state index contributed by atoms with van der Waals surface area (Å²) >= 11 is 0. The molecule has 0 radical (unpaired) electrons. The second-order valence-electron chi connectivity index (χ2n) is 7.09. The normalized spacial score (nSPS) is 12.0. The lowest BCUT2D eigenvalue weighted by molar-refractivity contribution is 0.414. The summed E-state index contributed by atoms with van der Waals surface area (Å²) < 4.78 is 5.26. The van der Waals surface area contributed by atoms with Gasteiger partial charge >= 0.3 is 0 Å². The van der Waals surface area contributed by atoms with Gasteiger partial charge in [0.05, 0.1) is 13.2 Å². The molecule has 2 aromatic rings. The summed E-state index contributed by atoms with van der Waals surface area (Å²) in [6.45, 7) is 8.92. The molecule has 24 heavy (non-hydrogen) atoms. The number of methoxy groups -OCH3 is 1. The van der Waals surface area contributed by atoms with Crippen molar-refractivity contribution in [3.8, 4) is 17.2 Å². The van der Waals surface area contributed by atoms with Gasteiger partial charge in [-0.25, -0.2) is 0 Å². The molecule has 1 N–H and O–H groups in total. The van der Waals surface area contributed by atoms with Gasteiger partial charge in [0, 0.05) is 12.1 Å². The summed E-state index contributed by atoms with van der Waals surface area (Å²) in [6, 6.07) is 16.9. The number of hydrogen-bond acceptors (Lipinski definition) is 2. The Labute approximate surface area is 147 Å². The highest BCUT2D eigenvalue weighted by molar-refractivity contribution is 6.83. The highest BCUT2D eigenvalue weighted by atomic mass is 28.3. The fraction of sp³-hybridized carbons (Fsp3) is 0.333. The SMILES string of the molecule is COc1ccc(C(CC#C[Si](C)(C)C)Nc2ccc(C)cc2)cc1. The molecular weight excluding hydrogens is 310 g/mol. The van der Waals surface area contributed by atoms with Gasteiger partial charge in [-0.3, -0.25) is 0 Å². The van der Waals surface area contributed by atoms with E-state index in [2.05, 4.69) is 79.7 Å². The first-order valence-electron chi connectivity index (χ1n) is 8.34. The van der Waals surface area contributed by atoms with Crippen LogP contribution in [0, 0.1) is 18.4 Å². The Balaban J connectivity index is 2.21. The van der Waals surface area contributed by atoms with Crippen molar-refractivity contribution in [2.24, 2.45) is 0 Å². The molecule has 2 aromatic carbocycles. The van der Waals surface area contributed by atoms with Gasteiger partial charge in [-0.1, -0.05) is 49.5 Å². The Morgan fingerprint density at radius 3 is 2.17 bits per heavy atom. The molecule has 0 aliphatic heterocycles. The average Bonchev–Trinajstić information content (AvgIpc) is 2.55. The number of aryl methyl sites for hydroxylation is 1. The fourth-order valence-electron chi connectivity index (χ4n) is 2.36. The molecule has 3 heteroatoms. The molecule has 0 aromatic heterocycles. The molecule has 0 bridgehead atoms. The van der Waals surface area contributed by atoms with Crippen molar-refractivity contribution in [3.05, 3.63) is 59.7 Å². The molecule has 2 nitrogen and oxygen atoms in total. The monoisotopic (exact) mass is 337 g/mol. The van der Waals surface area contributed by atoms with Gasteiger partial charge in [-0.2, -0.15) is 0 Å². The Kier molecular flexibility index (Phi) is 6.11. The molecule has 0 heterocycles. The number of anilines is 1. The maximum Gasteiger partial charge on any atom is 0.129 e. The third kappa shape index (κ3) is 5.79. The van der Waals surface area contributed by atoms with E-state index in [-0.39, 0.29) is 6.04 Å². The van der Waals surface area contributed by atoms with E-state index >= 15 is 0 Å². The topological polar surface area (TPSA) is 21.3 Å². The minimum Gasteiger partial charge on any atom is -0.497 e. The second-order valence-corrected chi connectivity index (χ2v) is 11.8. The molecule has 0 aliphatic carbocycles. The van der Waals surface area contributed by atoms with Crippen LogP contribution in [0.5, 0.6) is 5.75 Å². The molecular formula is C21H27NOSi. The number of ether oxygens (including phenoxy) is 1. The summed E-state index contributed by atoms with van der Waals surface area (Å²) in [7, 11) is 0.343. The summed E-state index contributed by atoms with van der Waals surface area (Å²) in [6.07, 6.45) is 0.796. The lowest BCUT2D eigenvalue weighted by Crippen LogP contribution is -2.17. The number of hydrogen-bond donors (Lipinski definition) is 1. The first kappa shape index (κ1) is 18.2. The first-order chi connectivity index (χ1) is 11.4. The van der Waals surface area contributed by atoms with Crippen molar-refractivity contribution in [1.82, 2.24) is 0 Å². The van der Waals surface area contributed by atoms with Crippen LogP contribution in [-0.2, 0) is 0 Å². The van der Waals surface area contributed by atoms with Gasteiger partial charge in [0.1, 0.15) is 13.8 Å². The Morgan fingerprint density at radius 2 is 1.62 bits per heavy atom. The van der Waals surface area contributed by atoms with Crippen LogP contribution in [0.3, 0.4) is 0 Å². The van der Waals surface area contributed by atoms with E-state index in [1.165, 1.54) is 11.1 Å². The van der Waals surface area contributed by atoms with E-state index in [1.807, 2.05) is 12.1 Å². The van der Waals surface area contributed by atoms with Crippen molar-refractivity contribution in [3.63, 3.8) is 0 Å². The van der Waals surface area contributed by atoms with E-state index in [4.69, 9.17) is 4.74 Å². The van der Waals surface area contributed by atoms with Crippen molar-refractivity contribution in [2.45, 2.75) is 39.0 Å². The summed E-state index contributed by atoms with van der Waals surface area (Å²) in [5.41, 5.74) is 7.07. The van der Waals surface area contributed by atoms with E-state index in [0.29, 0.717) is 0 Å². The number of nitrogens with one attached hydrogen (secondary N) is 1. The number of benzene rings is 2. The molecule has 0 saturated carbocycles. The predicted octanol–water partition coefficient (Wildman–Crippen LogP) is 5.43. The molecule has 1 unspecified atom stereocenters. The lowest BCUT2D eigenvalue weighted by Gasteiger charge is -2.19. The van der Waals surface area contributed by atoms with Crippen molar-refractivity contribution < 1.29 is 4.74 Å². The van der Waals surface area contributed by atoms with Gasteiger partial charge < -0.3 is 10.1 Å². The van der Waals surface area contributed by atoms with Gasteiger partial charge in [-0.15, -0.1) is 11.5 Å². The van der Waals surface area contributed by atoms with E-state index in [1.54, 1.807) is 7.11 Å². The van der Waals surface area contributed by atoms with Crippen LogP contribution in [0.4, 0.5) is 5.69 Å². The maximum atomic E-state index is 5.26. The molecule has 0 fully saturated rings. The van der Waals surface area contributed by atoms with Crippen molar-refractivity contribution in [1.29, 1.82) is 0 Å². The van der Waals surface area contributed by atoms with E-state index in [0.717, 1.165) is 17.9 Å². The van der Waals surface area contributed by atoms with Crippen LogP contribution in [-0.4, -0.2) is 15.2 Å². The largest absolute Gasteiger partial charge is 0.497 e. The van der Waals surface area contributed by atoms with E-state index in [9.17, 15) is 0 Å². The molecule has 2 rings (SSSR count). The molecule has 0 saturated heterocycles. The summed E-state index contributed by atoms with van der Waals surface area (Å²) in [4.78, 5) is 0. The average molecular weight is 338 g/mol. The maximum absolute atomic E-state index is 5.26. The van der Waals surface area contributed by atoms with Crippen LogP contribution in [0.1, 0.15) is 23.6 Å². The van der Waals surface area contributed by atoms with Gasteiger partial charge in [0.15, 0.2) is 0 Å². The van der Waals surface area contributed by atoms with Crippen LogP contribution in [0.25, 0.3) is 0 Å². The van der Waals surface area contributed by atoms with Crippen LogP contribution in [0.15, 0.2) is 48.5 Å². The summed E-state index contributed by atoms with van der Waals surface area (Å²) in [5, 5.41) is 3.62. The van der Waals surface area contributed by atoms with E-state index < -0.39 is 8.07 Å².